The van der Waals surface area contributed by atoms with Crippen LogP contribution in [0.4, 0.5) is 5.69 Å². The second kappa shape index (κ2) is 11.0. The van der Waals surface area contributed by atoms with E-state index in [1.54, 1.807) is 18.2 Å². The minimum absolute atomic E-state index is 0.0469. The summed E-state index contributed by atoms with van der Waals surface area (Å²) in [5.74, 6) is 0.292. The zero-order valence-corrected chi connectivity index (χ0v) is 24.4. The summed E-state index contributed by atoms with van der Waals surface area (Å²) in [5.41, 5.74) is 10.5. The molecular formula is C33H34ClN7. The molecule has 0 saturated carbocycles. The second-order valence-corrected chi connectivity index (χ2v) is 11.7. The predicted molar refractivity (Wildman–Crippen MR) is 165 cm³/mol. The maximum absolute atomic E-state index is 9.67. The number of allylic oxidation sites excluding steroid dienone is 2. The Balaban J connectivity index is 1.46. The van der Waals surface area contributed by atoms with Crippen molar-refractivity contribution in [3.63, 3.8) is 0 Å². The summed E-state index contributed by atoms with van der Waals surface area (Å²) in [6.45, 7) is 11.0. The van der Waals surface area contributed by atoms with Crippen LogP contribution in [0.1, 0.15) is 73.1 Å². The van der Waals surface area contributed by atoms with Gasteiger partial charge in [0, 0.05) is 40.3 Å². The van der Waals surface area contributed by atoms with Crippen molar-refractivity contribution in [2.75, 3.05) is 5.32 Å². The lowest BCUT2D eigenvalue weighted by atomic mass is 9.88. The molecule has 3 aromatic rings. The van der Waals surface area contributed by atoms with Crippen molar-refractivity contribution in [3.05, 3.63) is 94.2 Å². The Morgan fingerprint density at radius 1 is 1.10 bits per heavy atom. The van der Waals surface area contributed by atoms with Gasteiger partial charge in [0.25, 0.3) is 0 Å². The molecule has 2 aromatic heterocycles. The molecule has 208 valence electrons. The molecule has 7 nitrogen and oxygen atoms in total. The largest absolute Gasteiger partial charge is 0.356 e. The van der Waals surface area contributed by atoms with Crippen LogP contribution in [-0.2, 0) is 19.9 Å². The van der Waals surface area contributed by atoms with Crippen LogP contribution in [0.25, 0.3) is 17.0 Å². The number of aliphatic imine (C=N–C) groups is 1. The van der Waals surface area contributed by atoms with Crippen LogP contribution >= 0.6 is 11.6 Å². The van der Waals surface area contributed by atoms with E-state index in [9.17, 15) is 5.26 Å². The smallest absolute Gasteiger partial charge is 0.0998 e. The van der Waals surface area contributed by atoms with Crippen molar-refractivity contribution in [1.82, 2.24) is 19.7 Å². The highest BCUT2D eigenvalue weighted by Gasteiger charge is 2.29. The molecule has 0 spiro atoms. The number of rotatable bonds is 2. The molecule has 41 heavy (non-hydrogen) atoms. The highest BCUT2D eigenvalue weighted by Crippen LogP contribution is 2.41. The molecule has 2 aliphatic heterocycles. The summed E-state index contributed by atoms with van der Waals surface area (Å²) in [4.78, 5) is 12.2. The van der Waals surface area contributed by atoms with E-state index in [2.05, 4.69) is 47.5 Å². The summed E-state index contributed by atoms with van der Waals surface area (Å²) in [5, 5.41) is 18.5. The average Bonchev–Trinajstić information content (AvgIpc) is 3.33. The number of hydrogen-bond donors (Lipinski definition) is 1. The molecule has 0 amide bonds. The summed E-state index contributed by atoms with van der Waals surface area (Å²) in [6.07, 6.45) is 12.8. The molecule has 0 fully saturated rings. The van der Waals surface area contributed by atoms with E-state index >= 15 is 0 Å². The number of anilines is 1. The average molecular weight is 564 g/mol. The first-order chi connectivity index (χ1) is 19.8. The van der Waals surface area contributed by atoms with E-state index in [1.165, 1.54) is 16.8 Å². The molecule has 6 rings (SSSR count). The number of aromatic nitrogens is 3. The fourth-order valence-corrected chi connectivity index (χ4v) is 6.37. The predicted octanol–water partition coefficient (Wildman–Crippen LogP) is 7.57. The van der Waals surface area contributed by atoms with Gasteiger partial charge in [-0.3, -0.25) is 9.67 Å². The van der Waals surface area contributed by atoms with Crippen LogP contribution in [-0.4, -0.2) is 26.0 Å². The maximum Gasteiger partial charge on any atom is 0.0998 e. The van der Waals surface area contributed by atoms with E-state index < -0.39 is 0 Å². The molecule has 3 aliphatic rings. The Labute approximate surface area is 246 Å². The maximum atomic E-state index is 9.67. The quantitative estimate of drug-likeness (QED) is 0.347. The first-order valence-corrected chi connectivity index (χ1v) is 14.7. The number of benzene rings is 1. The number of aryl methyl sites for hydroxylation is 2. The van der Waals surface area contributed by atoms with E-state index in [-0.39, 0.29) is 6.04 Å². The third-order valence-corrected chi connectivity index (χ3v) is 8.77. The van der Waals surface area contributed by atoms with Gasteiger partial charge in [0.2, 0.25) is 0 Å². The van der Waals surface area contributed by atoms with Crippen LogP contribution in [0.5, 0.6) is 0 Å². The topological polar surface area (TPSA) is 82.1 Å². The van der Waals surface area contributed by atoms with Gasteiger partial charge >= 0.3 is 0 Å². The van der Waals surface area contributed by atoms with Gasteiger partial charge in [-0.05, 0) is 80.3 Å². The van der Waals surface area contributed by atoms with Crippen molar-refractivity contribution < 1.29 is 0 Å². The first kappa shape index (κ1) is 27.0. The number of pyridine rings is 1. The molecule has 0 radical (unpaired) electrons. The number of fused-ring (bicyclic) bond motifs is 6. The fraction of sp³-hybridized carbons (Fsp3) is 0.333. The van der Waals surface area contributed by atoms with Crippen molar-refractivity contribution in [2.45, 2.75) is 57.9 Å². The summed E-state index contributed by atoms with van der Waals surface area (Å²) < 4.78 is 1.96. The Morgan fingerprint density at radius 3 is 2.73 bits per heavy atom. The third kappa shape index (κ3) is 5.09. The normalized spacial score (nSPS) is 20.6. The monoisotopic (exact) mass is 563 g/mol. The van der Waals surface area contributed by atoms with Crippen LogP contribution in [0.3, 0.4) is 0 Å². The van der Waals surface area contributed by atoms with Crippen LogP contribution < -0.4 is 5.32 Å². The van der Waals surface area contributed by atoms with Crippen molar-refractivity contribution in [1.29, 1.82) is 5.26 Å². The van der Waals surface area contributed by atoms with Gasteiger partial charge in [0.15, 0.2) is 0 Å². The van der Waals surface area contributed by atoms with Gasteiger partial charge in [0.1, 0.15) is 0 Å². The Morgan fingerprint density at radius 2 is 1.93 bits per heavy atom. The van der Waals surface area contributed by atoms with Crippen molar-refractivity contribution >= 4 is 29.3 Å². The van der Waals surface area contributed by atoms with Crippen molar-refractivity contribution in [2.24, 2.45) is 18.0 Å². The van der Waals surface area contributed by atoms with E-state index in [0.29, 0.717) is 27.8 Å². The Kier molecular flexibility index (Phi) is 7.27. The molecule has 8 heteroatoms. The molecule has 2 atom stereocenters. The van der Waals surface area contributed by atoms with Crippen LogP contribution in [0, 0.1) is 17.2 Å². The summed E-state index contributed by atoms with van der Waals surface area (Å²) in [7, 11) is 2.00. The Hall–Kier alpha value is -4.15. The van der Waals surface area contributed by atoms with Crippen molar-refractivity contribution in [3.8, 4) is 17.3 Å². The fourth-order valence-electron chi connectivity index (χ4n) is 6.20. The first-order valence-electron chi connectivity index (χ1n) is 14.3. The van der Waals surface area contributed by atoms with E-state index in [1.807, 2.05) is 30.3 Å². The number of halogens is 1. The zero-order chi connectivity index (χ0) is 28.7. The number of nitrogens with zero attached hydrogens (tertiary/aromatic N) is 6. The molecule has 4 heterocycles. The number of nitrogens with one attached hydrogen (secondary N) is 1. The van der Waals surface area contributed by atoms with Crippen LogP contribution in [0.2, 0.25) is 5.02 Å². The molecular weight excluding hydrogens is 530 g/mol. The SMILES string of the molecule is C=C1Nc2cnn(C)c2-c2cc(nc3c2CCCC3)C(N2C=NC(c3cc(Cl)ccc3C#N)=CC2=C)CCCC1C. The highest BCUT2D eigenvalue weighted by molar-refractivity contribution is 6.30. The standard InChI is InChI=1S/C33H34ClN7/c1-20-8-7-11-32(41-19-36-29(14-21(41)2)26-15-24(34)13-12-23(26)17-35)30-16-27(25-9-5-6-10-28(25)39-30)33-31(38-22(20)3)18-37-40(33)4/h12-16,18-20,32,38H,2-3,5-11H2,1,4H3. The van der Waals surface area contributed by atoms with E-state index in [4.69, 9.17) is 21.6 Å². The second-order valence-electron chi connectivity index (χ2n) is 11.2. The van der Waals surface area contributed by atoms with Crippen LogP contribution in [0.15, 0.2) is 66.1 Å². The van der Waals surface area contributed by atoms with Gasteiger partial charge in [-0.15, -0.1) is 0 Å². The minimum Gasteiger partial charge on any atom is -0.356 e. The molecule has 2 unspecified atom stereocenters. The van der Waals surface area contributed by atoms with Gasteiger partial charge < -0.3 is 10.2 Å². The molecule has 0 saturated heterocycles. The number of hydrogen-bond acceptors (Lipinski definition) is 6. The van der Waals surface area contributed by atoms with Gasteiger partial charge in [0.05, 0.1) is 53.0 Å². The lowest BCUT2D eigenvalue weighted by Crippen LogP contribution is -2.29. The van der Waals surface area contributed by atoms with Gasteiger partial charge in [-0.25, -0.2) is 4.99 Å². The lowest BCUT2D eigenvalue weighted by Gasteiger charge is -2.34. The Bertz CT molecular complexity index is 1650. The lowest BCUT2D eigenvalue weighted by molar-refractivity contribution is 0.351. The zero-order valence-electron chi connectivity index (χ0n) is 23.6. The molecule has 1 aromatic carbocycles. The number of nitriles is 1. The molecule has 1 aliphatic carbocycles. The van der Waals surface area contributed by atoms with Gasteiger partial charge in [-0.1, -0.05) is 38.1 Å². The summed E-state index contributed by atoms with van der Waals surface area (Å²) in [6, 6.07) is 9.70. The minimum atomic E-state index is -0.0469. The summed E-state index contributed by atoms with van der Waals surface area (Å²) >= 11 is 6.28. The van der Waals surface area contributed by atoms with E-state index in [0.717, 1.165) is 73.4 Å². The van der Waals surface area contributed by atoms with Gasteiger partial charge in [-0.2, -0.15) is 10.4 Å². The highest BCUT2D eigenvalue weighted by atomic mass is 35.5. The molecule has 2 bridgehead atoms. The molecule has 1 N–H and O–H groups in total. The third-order valence-electron chi connectivity index (χ3n) is 8.53.